The first-order valence-electron chi connectivity index (χ1n) is 15.0. The lowest BCUT2D eigenvalue weighted by molar-refractivity contribution is 0.0684. The van der Waals surface area contributed by atoms with Gasteiger partial charge in [-0.2, -0.15) is 9.40 Å². The molecule has 0 atom stereocenters. The number of ether oxygens (including phenoxy) is 1. The summed E-state index contributed by atoms with van der Waals surface area (Å²) in [6.07, 6.45) is 2.97. The summed E-state index contributed by atoms with van der Waals surface area (Å²) < 4.78 is 36.6. The Morgan fingerprint density at radius 1 is 1.09 bits per heavy atom. The molecule has 5 aromatic rings. The zero-order valence-electron chi connectivity index (χ0n) is 24.3. The summed E-state index contributed by atoms with van der Waals surface area (Å²) in [5, 5.41) is 21.5. The van der Waals surface area contributed by atoms with Gasteiger partial charge in [-0.25, -0.2) is 13.2 Å². The van der Waals surface area contributed by atoms with E-state index in [0.717, 1.165) is 46.0 Å². The Hall–Kier alpha value is -3.86. The predicted octanol–water partition coefficient (Wildman–Crippen LogP) is 6.55. The van der Waals surface area contributed by atoms with Crippen molar-refractivity contribution < 1.29 is 23.1 Å². The van der Waals surface area contributed by atoms with Crippen molar-refractivity contribution in [1.82, 2.24) is 19.1 Å². The maximum absolute atomic E-state index is 13.5. The molecule has 2 aromatic heterocycles. The van der Waals surface area contributed by atoms with Crippen LogP contribution in [0.1, 0.15) is 53.1 Å². The third kappa shape index (κ3) is 5.04. The van der Waals surface area contributed by atoms with Crippen molar-refractivity contribution in [3.8, 4) is 16.9 Å². The second kappa shape index (κ2) is 11.3. The zero-order valence-corrected chi connectivity index (χ0v) is 25.9. The molecule has 0 spiro atoms. The summed E-state index contributed by atoms with van der Waals surface area (Å²) in [4.78, 5) is 12.9. The molecule has 0 radical (unpaired) electrons. The minimum absolute atomic E-state index is 0.0342. The molecule has 2 aliphatic rings. The number of aromatic carboxylic acids is 1. The SMILES string of the molecule is Cc1[nH]nc2c1-c1c(Cl)ccc3c(CCCOc4cccc5ccccc45)c(C(=O)O)n(c13)CCCS(=O)(=O)N(C1CC1)C2. The molecule has 0 saturated heterocycles. The third-order valence-electron chi connectivity index (χ3n) is 8.73. The lowest BCUT2D eigenvalue weighted by Crippen LogP contribution is -2.35. The molecule has 2 N–H and O–H groups in total. The standard InChI is InChI=1S/C33H33ClN4O5S/c1-20-29-27(36-35-20)19-38(22-12-13-22)44(41,42)18-6-16-37-31-25(14-15-26(34)30(29)31)24(32(37)33(39)40)10-5-17-43-28-11-4-8-21-7-2-3-9-23(21)28/h2-4,7-9,11,14-15,22H,5-6,10,12-13,16-19H2,1H3,(H,35,36)(H,39,40). The number of hydrogen-bond donors (Lipinski definition) is 2. The van der Waals surface area contributed by atoms with E-state index in [2.05, 4.69) is 10.2 Å². The number of aromatic nitrogens is 3. The van der Waals surface area contributed by atoms with Crippen LogP contribution in [-0.2, 0) is 29.5 Å². The molecule has 1 aliphatic carbocycles. The van der Waals surface area contributed by atoms with Gasteiger partial charge < -0.3 is 14.4 Å². The maximum atomic E-state index is 13.5. The van der Waals surface area contributed by atoms with Crippen molar-refractivity contribution in [1.29, 1.82) is 0 Å². The van der Waals surface area contributed by atoms with E-state index < -0.39 is 16.0 Å². The highest BCUT2D eigenvalue weighted by Crippen LogP contribution is 2.43. The lowest BCUT2D eigenvalue weighted by atomic mass is 9.98. The van der Waals surface area contributed by atoms with Gasteiger partial charge in [-0.05, 0) is 62.1 Å². The Morgan fingerprint density at radius 3 is 2.68 bits per heavy atom. The first-order valence-corrected chi connectivity index (χ1v) is 16.9. The molecule has 7 rings (SSSR count). The van der Waals surface area contributed by atoms with Crippen molar-refractivity contribution in [3.05, 3.63) is 82.3 Å². The van der Waals surface area contributed by atoms with Crippen LogP contribution in [0, 0.1) is 6.92 Å². The average molecular weight is 633 g/mol. The normalized spacial score (nSPS) is 17.0. The maximum Gasteiger partial charge on any atom is 0.352 e. The molecule has 1 saturated carbocycles. The number of rotatable bonds is 7. The van der Waals surface area contributed by atoms with Crippen LogP contribution in [0.2, 0.25) is 5.02 Å². The molecule has 1 fully saturated rings. The second-order valence-electron chi connectivity index (χ2n) is 11.6. The first kappa shape index (κ1) is 28.9. The first-order chi connectivity index (χ1) is 21.2. The van der Waals surface area contributed by atoms with Gasteiger partial charge in [-0.1, -0.05) is 54.1 Å². The Kier molecular flexibility index (Phi) is 7.39. The summed E-state index contributed by atoms with van der Waals surface area (Å²) in [7, 11) is -3.59. The van der Waals surface area contributed by atoms with E-state index in [-0.39, 0.29) is 37.0 Å². The number of halogens is 1. The molecule has 1 aliphatic heterocycles. The quantitative estimate of drug-likeness (QED) is 0.196. The van der Waals surface area contributed by atoms with Crippen molar-refractivity contribution >= 4 is 49.3 Å². The van der Waals surface area contributed by atoms with E-state index in [9.17, 15) is 18.3 Å². The Labute approximate surface area is 260 Å². The van der Waals surface area contributed by atoms with Gasteiger partial charge in [0.25, 0.3) is 0 Å². The molecule has 44 heavy (non-hydrogen) atoms. The van der Waals surface area contributed by atoms with Gasteiger partial charge in [0.15, 0.2) is 0 Å². The van der Waals surface area contributed by atoms with Gasteiger partial charge >= 0.3 is 5.97 Å². The van der Waals surface area contributed by atoms with Crippen molar-refractivity contribution in [2.75, 3.05) is 12.4 Å². The Balaban J connectivity index is 1.31. The van der Waals surface area contributed by atoms with Crippen molar-refractivity contribution in [2.45, 2.75) is 58.2 Å². The molecular formula is C33H33ClN4O5S. The number of carboxylic acid groups (broad SMARTS) is 1. The Morgan fingerprint density at radius 2 is 1.89 bits per heavy atom. The summed E-state index contributed by atoms with van der Waals surface area (Å²) in [5.41, 5.74) is 4.29. The van der Waals surface area contributed by atoms with Crippen LogP contribution in [-0.4, -0.2) is 57.0 Å². The van der Waals surface area contributed by atoms with E-state index >= 15 is 0 Å². The lowest BCUT2D eigenvalue weighted by Gasteiger charge is -2.21. The van der Waals surface area contributed by atoms with Crippen molar-refractivity contribution in [3.63, 3.8) is 0 Å². The van der Waals surface area contributed by atoms with Crippen LogP contribution in [0.4, 0.5) is 0 Å². The van der Waals surface area contributed by atoms with Crippen molar-refractivity contribution in [2.24, 2.45) is 0 Å². The molecule has 3 heterocycles. The fraction of sp³-hybridized carbons (Fsp3) is 0.333. The zero-order chi connectivity index (χ0) is 30.6. The van der Waals surface area contributed by atoms with E-state index in [1.165, 1.54) is 0 Å². The number of carbonyl (C=O) groups is 1. The highest BCUT2D eigenvalue weighted by Gasteiger charge is 2.39. The summed E-state index contributed by atoms with van der Waals surface area (Å²) in [6, 6.07) is 17.6. The monoisotopic (exact) mass is 632 g/mol. The molecule has 11 heteroatoms. The molecule has 0 amide bonds. The summed E-state index contributed by atoms with van der Waals surface area (Å²) in [6.45, 7) is 2.65. The van der Waals surface area contributed by atoms with Gasteiger partial charge in [0.1, 0.15) is 11.4 Å². The number of aromatic amines is 1. The average Bonchev–Trinajstić information content (AvgIpc) is 3.70. The number of fused-ring (bicyclic) bond motifs is 3. The number of benzene rings is 3. The fourth-order valence-corrected chi connectivity index (χ4v) is 8.58. The second-order valence-corrected chi connectivity index (χ2v) is 14.1. The van der Waals surface area contributed by atoms with Gasteiger partial charge in [0, 0.05) is 40.2 Å². The molecule has 0 bridgehead atoms. The van der Waals surface area contributed by atoms with E-state index in [1.54, 1.807) is 14.9 Å². The number of carboxylic acids is 1. The molecule has 3 aromatic carbocycles. The van der Waals surface area contributed by atoms with Crippen LogP contribution in [0.15, 0.2) is 54.6 Å². The summed E-state index contributed by atoms with van der Waals surface area (Å²) in [5.74, 6) is -0.350. The number of nitrogens with one attached hydrogen (secondary N) is 1. The van der Waals surface area contributed by atoms with Gasteiger partial charge in [-0.3, -0.25) is 5.10 Å². The number of nitrogens with zero attached hydrogens (tertiary/aromatic N) is 3. The van der Waals surface area contributed by atoms with Crippen LogP contribution in [0.5, 0.6) is 5.75 Å². The van der Waals surface area contributed by atoms with Crippen LogP contribution >= 0.6 is 11.6 Å². The van der Waals surface area contributed by atoms with E-state index in [1.807, 2.05) is 55.5 Å². The molecule has 228 valence electrons. The molecule has 9 nitrogen and oxygen atoms in total. The molecule has 0 unspecified atom stereocenters. The smallest absolute Gasteiger partial charge is 0.352 e. The molecular weight excluding hydrogens is 600 g/mol. The van der Waals surface area contributed by atoms with Crippen LogP contribution < -0.4 is 4.74 Å². The van der Waals surface area contributed by atoms with Gasteiger partial charge in [0.05, 0.1) is 35.1 Å². The topological polar surface area (TPSA) is 118 Å². The van der Waals surface area contributed by atoms with E-state index in [4.69, 9.17) is 16.3 Å². The Bertz CT molecular complexity index is 2020. The number of hydrogen-bond acceptors (Lipinski definition) is 5. The fourth-order valence-electron chi connectivity index (χ4n) is 6.62. The van der Waals surface area contributed by atoms with Gasteiger partial charge in [-0.15, -0.1) is 0 Å². The van der Waals surface area contributed by atoms with E-state index in [0.29, 0.717) is 46.8 Å². The summed E-state index contributed by atoms with van der Waals surface area (Å²) >= 11 is 6.92. The number of aryl methyl sites for hydroxylation is 3. The van der Waals surface area contributed by atoms with Gasteiger partial charge in [0.2, 0.25) is 10.0 Å². The minimum Gasteiger partial charge on any atom is -0.493 e. The highest BCUT2D eigenvalue weighted by atomic mass is 35.5. The highest BCUT2D eigenvalue weighted by molar-refractivity contribution is 7.89. The van der Waals surface area contributed by atoms with Crippen LogP contribution in [0.25, 0.3) is 32.8 Å². The van der Waals surface area contributed by atoms with Crippen LogP contribution in [0.3, 0.4) is 0 Å². The predicted molar refractivity (Wildman–Crippen MR) is 171 cm³/mol. The number of H-pyrrole nitrogens is 1. The largest absolute Gasteiger partial charge is 0.493 e. The minimum atomic E-state index is -3.59. The number of sulfonamides is 1. The third-order valence-corrected chi connectivity index (χ3v) is 11.0.